The summed E-state index contributed by atoms with van der Waals surface area (Å²) >= 11 is 3.14. The number of aryl methyl sites for hydroxylation is 1. The van der Waals surface area contributed by atoms with E-state index in [1.165, 1.54) is 30.6 Å². The van der Waals surface area contributed by atoms with Crippen molar-refractivity contribution in [2.24, 2.45) is 0 Å². The van der Waals surface area contributed by atoms with E-state index in [2.05, 4.69) is 23.3 Å². The number of thioether (sulfide) groups is 1. The maximum Gasteiger partial charge on any atom is 0.258 e. The molecule has 0 fully saturated rings. The molecule has 6 heteroatoms. The Balaban J connectivity index is 2.00. The highest BCUT2D eigenvalue weighted by Gasteiger charge is 2.24. The van der Waals surface area contributed by atoms with Gasteiger partial charge < -0.3 is 5.32 Å². The predicted octanol–water partition coefficient (Wildman–Crippen LogP) is 6.91. The summed E-state index contributed by atoms with van der Waals surface area (Å²) in [7, 11) is 0. The van der Waals surface area contributed by atoms with Crippen LogP contribution in [0.2, 0.25) is 0 Å². The Morgan fingerprint density at radius 1 is 1.17 bits per heavy atom. The molecule has 2 heterocycles. The lowest BCUT2D eigenvalue weighted by Gasteiger charge is -2.16. The topological polar surface area (TPSA) is 65.8 Å². The molecule has 3 aromatic rings. The molecule has 0 saturated carbocycles. The lowest BCUT2D eigenvalue weighted by atomic mass is 9.99. The number of benzene rings is 1. The van der Waals surface area contributed by atoms with E-state index >= 15 is 0 Å². The van der Waals surface area contributed by atoms with Crippen molar-refractivity contribution >= 4 is 34.7 Å². The number of nitrogens with one attached hydrogen (secondary N) is 1. The summed E-state index contributed by atoms with van der Waals surface area (Å²) in [4.78, 5) is 18.8. The number of pyridine rings is 1. The third-order valence-corrected chi connectivity index (χ3v) is 6.67. The fraction of sp³-hybridized carbons (Fsp3) is 0.292. The SMILES string of the molecule is CCCCCCSc1nc(C)c(C(=O)Nc2ccccc2)c(-c2cccs2)c1C#N. The average molecular weight is 436 g/mol. The Bertz CT molecular complexity index is 1020. The number of anilines is 1. The number of para-hydroxylation sites is 1. The molecule has 0 unspecified atom stereocenters. The Morgan fingerprint density at radius 3 is 2.63 bits per heavy atom. The monoisotopic (exact) mass is 435 g/mol. The van der Waals surface area contributed by atoms with Gasteiger partial charge in [0.25, 0.3) is 5.91 Å². The van der Waals surface area contributed by atoms with Gasteiger partial charge in [0.1, 0.15) is 11.1 Å². The molecule has 0 radical (unpaired) electrons. The van der Waals surface area contributed by atoms with Gasteiger partial charge in [0, 0.05) is 16.1 Å². The van der Waals surface area contributed by atoms with E-state index in [1.54, 1.807) is 11.8 Å². The van der Waals surface area contributed by atoms with Crippen molar-refractivity contribution in [1.82, 2.24) is 4.98 Å². The number of hydrogen-bond acceptors (Lipinski definition) is 5. The largest absolute Gasteiger partial charge is 0.322 e. The second kappa shape index (κ2) is 11.0. The number of amides is 1. The zero-order valence-corrected chi connectivity index (χ0v) is 18.9. The number of aromatic nitrogens is 1. The highest BCUT2D eigenvalue weighted by molar-refractivity contribution is 7.99. The quantitative estimate of drug-likeness (QED) is 0.293. The molecule has 3 rings (SSSR count). The highest BCUT2D eigenvalue weighted by Crippen LogP contribution is 2.37. The van der Waals surface area contributed by atoms with Gasteiger partial charge in [-0.15, -0.1) is 23.1 Å². The summed E-state index contributed by atoms with van der Waals surface area (Å²) in [6.07, 6.45) is 4.69. The van der Waals surface area contributed by atoms with E-state index < -0.39 is 0 Å². The third-order valence-electron chi connectivity index (χ3n) is 4.72. The van der Waals surface area contributed by atoms with Crippen LogP contribution in [0.4, 0.5) is 5.69 Å². The van der Waals surface area contributed by atoms with Crippen LogP contribution in [0.15, 0.2) is 52.9 Å². The Labute approximate surface area is 186 Å². The average Bonchev–Trinajstić information content (AvgIpc) is 3.28. The van der Waals surface area contributed by atoms with Gasteiger partial charge >= 0.3 is 0 Å². The maximum absolute atomic E-state index is 13.2. The number of rotatable bonds is 9. The van der Waals surface area contributed by atoms with E-state index in [0.717, 1.165) is 17.1 Å². The number of hydrogen-bond donors (Lipinski definition) is 1. The fourth-order valence-corrected chi connectivity index (χ4v) is 5.06. The second-order valence-corrected chi connectivity index (χ2v) is 8.98. The highest BCUT2D eigenvalue weighted by atomic mass is 32.2. The molecule has 0 aliphatic carbocycles. The summed E-state index contributed by atoms with van der Waals surface area (Å²) in [5, 5.41) is 15.6. The molecule has 30 heavy (non-hydrogen) atoms. The zero-order chi connectivity index (χ0) is 21.3. The first-order valence-electron chi connectivity index (χ1n) is 10.1. The Kier molecular flexibility index (Phi) is 8.06. The lowest BCUT2D eigenvalue weighted by Crippen LogP contribution is -2.17. The van der Waals surface area contributed by atoms with Crippen molar-refractivity contribution in [1.29, 1.82) is 5.26 Å². The van der Waals surface area contributed by atoms with Gasteiger partial charge in [0.05, 0.1) is 16.8 Å². The van der Waals surface area contributed by atoms with Crippen molar-refractivity contribution in [2.45, 2.75) is 44.6 Å². The van der Waals surface area contributed by atoms with Crippen LogP contribution < -0.4 is 5.32 Å². The third kappa shape index (κ3) is 5.29. The van der Waals surface area contributed by atoms with Crippen LogP contribution in [-0.2, 0) is 0 Å². The Hall–Kier alpha value is -2.62. The minimum atomic E-state index is -0.245. The van der Waals surface area contributed by atoms with Gasteiger partial charge in [-0.05, 0) is 42.7 Å². The molecule has 1 amide bonds. The minimum Gasteiger partial charge on any atom is -0.322 e. The summed E-state index contributed by atoms with van der Waals surface area (Å²) in [5.41, 5.74) is 2.99. The van der Waals surface area contributed by atoms with E-state index in [1.807, 2.05) is 54.8 Å². The number of nitrogens with zero attached hydrogens (tertiary/aromatic N) is 2. The van der Waals surface area contributed by atoms with Crippen molar-refractivity contribution < 1.29 is 4.79 Å². The van der Waals surface area contributed by atoms with E-state index in [4.69, 9.17) is 0 Å². The number of carbonyl (C=O) groups excluding carboxylic acids is 1. The van der Waals surface area contributed by atoms with Crippen LogP contribution in [0.5, 0.6) is 0 Å². The van der Waals surface area contributed by atoms with Gasteiger partial charge in [-0.2, -0.15) is 5.26 Å². The second-order valence-electron chi connectivity index (χ2n) is 6.95. The molecular weight excluding hydrogens is 410 g/mol. The van der Waals surface area contributed by atoms with Crippen LogP contribution in [0, 0.1) is 18.3 Å². The van der Waals surface area contributed by atoms with Crippen molar-refractivity contribution in [3.05, 3.63) is 64.7 Å². The summed E-state index contributed by atoms with van der Waals surface area (Å²) < 4.78 is 0. The van der Waals surface area contributed by atoms with Gasteiger partial charge in [0.2, 0.25) is 0 Å². The molecule has 0 saturated heterocycles. The van der Waals surface area contributed by atoms with Crippen LogP contribution in [0.1, 0.15) is 54.2 Å². The minimum absolute atomic E-state index is 0.245. The molecule has 0 bridgehead atoms. The first kappa shape index (κ1) is 22.1. The summed E-state index contributed by atoms with van der Waals surface area (Å²) in [6.45, 7) is 4.04. The molecule has 0 spiro atoms. The first-order valence-corrected chi connectivity index (χ1v) is 12.0. The Morgan fingerprint density at radius 2 is 1.97 bits per heavy atom. The van der Waals surface area contributed by atoms with Gasteiger partial charge in [-0.1, -0.05) is 50.5 Å². The van der Waals surface area contributed by atoms with Crippen molar-refractivity contribution in [3.8, 4) is 16.5 Å². The predicted molar refractivity (Wildman–Crippen MR) is 126 cm³/mol. The maximum atomic E-state index is 13.2. The molecule has 1 N–H and O–H groups in total. The van der Waals surface area contributed by atoms with Crippen molar-refractivity contribution in [3.63, 3.8) is 0 Å². The number of unbranched alkanes of at least 4 members (excludes halogenated alkanes) is 3. The van der Waals surface area contributed by atoms with E-state index in [0.29, 0.717) is 33.1 Å². The molecule has 1 aromatic carbocycles. The fourth-order valence-electron chi connectivity index (χ4n) is 3.24. The van der Waals surface area contributed by atoms with Crippen LogP contribution in [0.25, 0.3) is 10.4 Å². The molecular formula is C24H25N3OS2. The standard InChI is InChI=1S/C24H25N3OS2/c1-3-4-5-9-14-30-24-19(16-25)22(20-13-10-15-29-20)21(17(2)26-24)23(28)27-18-11-7-6-8-12-18/h6-8,10-13,15H,3-5,9,14H2,1-2H3,(H,27,28). The number of thiophene rings is 1. The molecule has 4 nitrogen and oxygen atoms in total. The van der Waals surface area contributed by atoms with E-state index in [-0.39, 0.29) is 5.91 Å². The molecule has 0 atom stereocenters. The summed E-state index contributed by atoms with van der Waals surface area (Å²) in [5.74, 6) is 0.672. The smallest absolute Gasteiger partial charge is 0.258 e. The van der Waals surface area contributed by atoms with Crippen LogP contribution >= 0.6 is 23.1 Å². The molecule has 154 valence electrons. The van der Waals surface area contributed by atoms with Crippen LogP contribution in [0.3, 0.4) is 0 Å². The molecule has 2 aromatic heterocycles. The normalized spacial score (nSPS) is 10.6. The number of carbonyl (C=O) groups is 1. The molecule has 0 aliphatic heterocycles. The lowest BCUT2D eigenvalue weighted by molar-refractivity contribution is 0.102. The van der Waals surface area contributed by atoms with Crippen molar-refractivity contribution in [2.75, 3.05) is 11.1 Å². The first-order chi connectivity index (χ1) is 14.7. The van der Waals surface area contributed by atoms with E-state index in [9.17, 15) is 10.1 Å². The van der Waals surface area contributed by atoms with Gasteiger partial charge in [-0.25, -0.2) is 4.98 Å². The zero-order valence-electron chi connectivity index (χ0n) is 17.3. The van der Waals surface area contributed by atoms with Gasteiger partial charge in [0.15, 0.2) is 0 Å². The van der Waals surface area contributed by atoms with Crippen LogP contribution in [-0.4, -0.2) is 16.6 Å². The summed E-state index contributed by atoms with van der Waals surface area (Å²) in [6, 6.07) is 15.6. The number of nitriles is 1. The molecule has 0 aliphatic rings. The van der Waals surface area contributed by atoms with Gasteiger partial charge in [-0.3, -0.25) is 4.79 Å².